The first kappa shape index (κ1) is 13.4. The third-order valence-corrected chi connectivity index (χ3v) is 4.79. The van der Waals surface area contributed by atoms with E-state index < -0.39 is 0 Å². The molecular weight excluding hydrogens is 244 g/mol. The van der Waals surface area contributed by atoms with Crippen LogP contribution < -0.4 is 15.8 Å². The van der Waals surface area contributed by atoms with E-state index in [1.807, 2.05) is 30.0 Å². The molecule has 1 fully saturated rings. The quantitative estimate of drug-likeness (QED) is 0.802. The van der Waals surface area contributed by atoms with Crippen LogP contribution in [0.25, 0.3) is 0 Å². The lowest BCUT2D eigenvalue weighted by atomic mass is 10.2. The average Bonchev–Trinajstić information content (AvgIpc) is 2.80. The van der Waals surface area contributed by atoms with Gasteiger partial charge in [-0.3, -0.25) is 0 Å². The van der Waals surface area contributed by atoms with Crippen LogP contribution in [0.5, 0.6) is 5.75 Å². The second kappa shape index (κ2) is 6.23. The highest BCUT2D eigenvalue weighted by atomic mass is 32.2. The van der Waals surface area contributed by atoms with Gasteiger partial charge in [0.15, 0.2) is 0 Å². The lowest BCUT2D eigenvalue weighted by Crippen LogP contribution is -2.26. The van der Waals surface area contributed by atoms with Crippen molar-refractivity contribution in [2.45, 2.75) is 37.5 Å². The molecule has 18 heavy (non-hydrogen) atoms. The third-order valence-electron chi connectivity index (χ3n) is 3.46. The molecule has 0 aromatic heterocycles. The number of methoxy groups -OCH3 is 1. The summed E-state index contributed by atoms with van der Waals surface area (Å²) in [6, 6.07) is 6.44. The molecule has 1 saturated carbocycles. The fourth-order valence-electron chi connectivity index (χ4n) is 2.55. The zero-order valence-electron chi connectivity index (χ0n) is 11.1. The molecule has 0 aliphatic heterocycles. The molecule has 0 heterocycles. The molecule has 4 heteroatoms. The van der Waals surface area contributed by atoms with E-state index in [4.69, 9.17) is 10.5 Å². The van der Waals surface area contributed by atoms with Gasteiger partial charge in [0, 0.05) is 11.3 Å². The van der Waals surface area contributed by atoms with Gasteiger partial charge in [-0.2, -0.15) is 11.8 Å². The summed E-state index contributed by atoms with van der Waals surface area (Å²) in [6.07, 6.45) is 3.84. The number of nitrogens with two attached hydrogens (primary N) is 1. The molecule has 1 aliphatic rings. The number of nitrogens with one attached hydrogen (secondary N) is 1. The Morgan fingerprint density at radius 3 is 3.00 bits per heavy atom. The van der Waals surface area contributed by atoms with E-state index in [0.29, 0.717) is 17.0 Å². The van der Waals surface area contributed by atoms with E-state index in [1.54, 1.807) is 7.11 Å². The normalized spacial score (nSPS) is 23.0. The highest BCUT2D eigenvalue weighted by Gasteiger charge is 2.27. The van der Waals surface area contributed by atoms with E-state index in [9.17, 15) is 0 Å². The molecule has 3 nitrogen and oxygen atoms in total. The summed E-state index contributed by atoms with van der Waals surface area (Å²) in [6.45, 7) is 2.22. The average molecular weight is 266 g/mol. The standard InChI is InChI=1S/C14H22N2OS/c1-3-18-13-9-5-6-10(13)16-11-7-4-8-12(17-2)14(11)15/h4,7-8,10,13,16H,3,5-6,9,15H2,1-2H3. The second-order valence-corrected chi connectivity index (χ2v) is 6.11. The van der Waals surface area contributed by atoms with Crippen molar-refractivity contribution in [2.75, 3.05) is 23.9 Å². The third kappa shape index (κ3) is 2.86. The first-order chi connectivity index (χ1) is 8.76. The van der Waals surface area contributed by atoms with Crippen LogP contribution in [-0.4, -0.2) is 24.2 Å². The van der Waals surface area contributed by atoms with Gasteiger partial charge in [0.25, 0.3) is 0 Å². The van der Waals surface area contributed by atoms with E-state index in [1.165, 1.54) is 25.0 Å². The van der Waals surface area contributed by atoms with Crippen LogP contribution in [-0.2, 0) is 0 Å². The van der Waals surface area contributed by atoms with E-state index >= 15 is 0 Å². The van der Waals surface area contributed by atoms with Crippen LogP contribution in [0.15, 0.2) is 18.2 Å². The highest BCUT2D eigenvalue weighted by molar-refractivity contribution is 7.99. The predicted octanol–water partition coefficient (Wildman–Crippen LogP) is 3.36. The van der Waals surface area contributed by atoms with Crippen molar-refractivity contribution in [2.24, 2.45) is 0 Å². The predicted molar refractivity (Wildman–Crippen MR) is 80.6 cm³/mol. The fraction of sp³-hybridized carbons (Fsp3) is 0.571. The molecule has 0 spiro atoms. The minimum Gasteiger partial charge on any atom is -0.495 e. The lowest BCUT2D eigenvalue weighted by molar-refractivity contribution is 0.417. The Morgan fingerprint density at radius 1 is 1.44 bits per heavy atom. The zero-order valence-corrected chi connectivity index (χ0v) is 11.9. The van der Waals surface area contributed by atoms with Crippen LogP contribution in [0.3, 0.4) is 0 Å². The van der Waals surface area contributed by atoms with Crippen molar-refractivity contribution in [3.63, 3.8) is 0 Å². The molecule has 2 rings (SSSR count). The van der Waals surface area contributed by atoms with E-state index in [2.05, 4.69) is 12.2 Å². The van der Waals surface area contributed by atoms with Crippen molar-refractivity contribution >= 4 is 23.1 Å². The first-order valence-corrected chi connectivity index (χ1v) is 7.61. The van der Waals surface area contributed by atoms with Gasteiger partial charge in [-0.25, -0.2) is 0 Å². The Labute approximate surface area is 113 Å². The fourth-order valence-corrected chi connectivity index (χ4v) is 3.75. The highest BCUT2D eigenvalue weighted by Crippen LogP contribution is 2.35. The molecule has 3 N–H and O–H groups in total. The Hall–Kier alpha value is -1.03. The Balaban J connectivity index is 2.09. The van der Waals surface area contributed by atoms with Crippen LogP contribution in [0.4, 0.5) is 11.4 Å². The van der Waals surface area contributed by atoms with Crippen LogP contribution in [0.1, 0.15) is 26.2 Å². The van der Waals surface area contributed by atoms with E-state index in [0.717, 1.165) is 11.4 Å². The largest absolute Gasteiger partial charge is 0.495 e. The summed E-state index contributed by atoms with van der Waals surface area (Å²) < 4.78 is 5.25. The van der Waals surface area contributed by atoms with Crippen molar-refractivity contribution in [3.05, 3.63) is 18.2 Å². The number of benzene rings is 1. The van der Waals surface area contributed by atoms with Gasteiger partial charge in [0.1, 0.15) is 5.75 Å². The Morgan fingerprint density at radius 2 is 2.28 bits per heavy atom. The molecule has 1 aromatic carbocycles. The molecule has 2 atom stereocenters. The number of anilines is 2. The molecule has 100 valence electrons. The van der Waals surface area contributed by atoms with Crippen molar-refractivity contribution < 1.29 is 4.74 Å². The van der Waals surface area contributed by atoms with E-state index in [-0.39, 0.29) is 0 Å². The topological polar surface area (TPSA) is 47.3 Å². The summed E-state index contributed by atoms with van der Waals surface area (Å²) in [5.74, 6) is 1.92. The second-order valence-electron chi connectivity index (χ2n) is 4.60. The van der Waals surface area contributed by atoms with Gasteiger partial charge in [0.2, 0.25) is 0 Å². The van der Waals surface area contributed by atoms with Gasteiger partial charge in [-0.15, -0.1) is 0 Å². The van der Waals surface area contributed by atoms with Gasteiger partial charge in [-0.05, 0) is 30.7 Å². The van der Waals surface area contributed by atoms with Crippen molar-refractivity contribution in [1.82, 2.24) is 0 Å². The summed E-state index contributed by atoms with van der Waals surface area (Å²) >= 11 is 2.05. The molecular formula is C14H22N2OS. The minimum atomic E-state index is 0.532. The lowest BCUT2D eigenvalue weighted by Gasteiger charge is -2.22. The van der Waals surface area contributed by atoms with Crippen LogP contribution in [0, 0.1) is 0 Å². The Bertz CT molecular complexity index is 397. The van der Waals surface area contributed by atoms with Crippen LogP contribution in [0.2, 0.25) is 0 Å². The number of nitrogen functional groups attached to an aromatic ring is 1. The smallest absolute Gasteiger partial charge is 0.143 e. The molecule has 1 aromatic rings. The maximum absolute atomic E-state index is 6.10. The SMILES string of the molecule is CCSC1CCCC1Nc1cccc(OC)c1N. The van der Waals surface area contributed by atoms with Crippen LogP contribution >= 0.6 is 11.8 Å². The monoisotopic (exact) mass is 266 g/mol. The van der Waals surface area contributed by atoms with Crippen molar-refractivity contribution in [1.29, 1.82) is 0 Å². The van der Waals surface area contributed by atoms with Gasteiger partial charge < -0.3 is 15.8 Å². The summed E-state index contributed by atoms with van der Waals surface area (Å²) in [5.41, 5.74) is 7.81. The number of para-hydroxylation sites is 1. The molecule has 0 radical (unpaired) electrons. The molecule has 1 aliphatic carbocycles. The number of ether oxygens (including phenoxy) is 1. The maximum atomic E-state index is 6.10. The van der Waals surface area contributed by atoms with Gasteiger partial charge >= 0.3 is 0 Å². The number of hydrogen-bond donors (Lipinski definition) is 2. The molecule has 0 bridgehead atoms. The minimum absolute atomic E-state index is 0.532. The summed E-state index contributed by atoms with van der Waals surface area (Å²) in [7, 11) is 1.65. The number of thioether (sulfide) groups is 1. The number of rotatable bonds is 5. The Kier molecular flexibility index (Phi) is 4.64. The van der Waals surface area contributed by atoms with Crippen molar-refractivity contribution in [3.8, 4) is 5.75 Å². The zero-order chi connectivity index (χ0) is 13.0. The molecule has 2 unspecified atom stereocenters. The summed E-state index contributed by atoms with van der Waals surface area (Å²) in [4.78, 5) is 0. The van der Waals surface area contributed by atoms with Gasteiger partial charge in [-0.1, -0.05) is 19.4 Å². The van der Waals surface area contributed by atoms with Gasteiger partial charge in [0.05, 0.1) is 18.5 Å². The number of hydrogen-bond acceptors (Lipinski definition) is 4. The molecule has 0 amide bonds. The maximum Gasteiger partial charge on any atom is 0.143 e. The summed E-state index contributed by atoms with van der Waals surface area (Å²) in [5, 5.41) is 4.30. The first-order valence-electron chi connectivity index (χ1n) is 6.57. The molecule has 0 saturated heterocycles.